The summed E-state index contributed by atoms with van der Waals surface area (Å²) in [5.41, 5.74) is 3.20. The summed E-state index contributed by atoms with van der Waals surface area (Å²) in [6, 6.07) is 37.5. The van der Waals surface area contributed by atoms with Crippen LogP contribution in [0, 0.1) is 5.92 Å². The molecule has 0 amide bonds. The lowest BCUT2D eigenvalue weighted by molar-refractivity contribution is 0.0718. The first kappa shape index (κ1) is 30.6. The van der Waals surface area contributed by atoms with Crippen LogP contribution in [0.15, 0.2) is 109 Å². The van der Waals surface area contributed by atoms with Gasteiger partial charge in [0.15, 0.2) is 0 Å². The normalized spacial score (nSPS) is 16.2. The van der Waals surface area contributed by atoms with E-state index < -0.39 is 5.60 Å². The van der Waals surface area contributed by atoms with Crippen molar-refractivity contribution in [1.29, 1.82) is 0 Å². The van der Waals surface area contributed by atoms with E-state index in [0.717, 1.165) is 16.6 Å². The second kappa shape index (κ2) is 12.9. The maximum Gasteiger partial charge on any atom is 0.420 e. The first-order chi connectivity index (χ1) is 21.9. The molecule has 45 heavy (non-hydrogen) atoms. The molecule has 5 aromatic rings. The molecule has 1 aliphatic rings. The van der Waals surface area contributed by atoms with Gasteiger partial charge in [-0.05, 0) is 63.1 Å². The molecule has 0 saturated carbocycles. The molecule has 230 valence electrons. The van der Waals surface area contributed by atoms with Gasteiger partial charge in [0.1, 0.15) is 28.6 Å². The Morgan fingerprint density at radius 1 is 0.667 bits per heavy atom. The van der Waals surface area contributed by atoms with Gasteiger partial charge in [0.25, 0.3) is 0 Å². The minimum absolute atomic E-state index is 0.129. The van der Waals surface area contributed by atoms with Crippen molar-refractivity contribution in [3.63, 3.8) is 0 Å². The van der Waals surface area contributed by atoms with Crippen LogP contribution in [0.4, 0.5) is 0 Å². The van der Waals surface area contributed by atoms with Crippen LogP contribution in [0.25, 0.3) is 10.8 Å². The molecular formula is C38H40BNO5. The van der Waals surface area contributed by atoms with E-state index in [0.29, 0.717) is 29.5 Å². The predicted molar refractivity (Wildman–Crippen MR) is 181 cm³/mol. The summed E-state index contributed by atoms with van der Waals surface area (Å²) in [5.74, 6) is 2.91. The second-order valence-corrected chi connectivity index (χ2v) is 11.8. The Morgan fingerprint density at radius 3 is 1.71 bits per heavy atom. The summed E-state index contributed by atoms with van der Waals surface area (Å²) in [4.78, 5) is 2.51. The third kappa shape index (κ3) is 5.63. The number of hydrogen-bond acceptors (Lipinski definition) is 6. The summed E-state index contributed by atoms with van der Waals surface area (Å²) in [5, 5.41) is 2.45. The first-order valence-electron chi connectivity index (χ1n) is 15.3. The van der Waals surface area contributed by atoms with Gasteiger partial charge < -0.3 is 28.4 Å². The average Bonchev–Trinajstić information content (AvgIpc) is 3.44. The van der Waals surface area contributed by atoms with Crippen LogP contribution >= 0.6 is 0 Å². The number of nitrogens with zero attached hydrogens (tertiary/aromatic N) is 1. The lowest BCUT2D eigenvalue weighted by Crippen LogP contribution is -2.50. The molecule has 1 saturated heterocycles. The number of benzene rings is 5. The fourth-order valence-electron chi connectivity index (χ4n) is 6.92. The van der Waals surface area contributed by atoms with Crippen molar-refractivity contribution in [3.8, 4) is 23.0 Å². The average molecular weight is 602 g/mol. The maximum absolute atomic E-state index is 7.58. The molecule has 0 radical (unpaired) electrons. The fourth-order valence-corrected chi connectivity index (χ4v) is 6.92. The molecule has 1 fully saturated rings. The predicted octanol–water partition coefficient (Wildman–Crippen LogP) is 7.07. The highest BCUT2D eigenvalue weighted by Crippen LogP contribution is 2.51. The van der Waals surface area contributed by atoms with E-state index in [-0.39, 0.29) is 19.0 Å². The van der Waals surface area contributed by atoms with Gasteiger partial charge in [-0.2, -0.15) is 0 Å². The summed E-state index contributed by atoms with van der Waals surface area (Å²) in [7, 11) is 6.33. The molecule has 0 aliphatic carbocycles. The van der Waals surface area contributed by atoms with Gasteiger partial charge in [-0.15, -0.1) is 0 Å². The van der Waals surface area contributed by atoms with Gasteiger partial charge in [-0.25, -0.2) is 0 Å². The van der Waals surface area contributed by atoms with E-state index in [1.807, 2.05) is 18.2 Å². The zero-order valence-electron chi connectivity index (χ0n) is 26.8. The molecule has 0 unspecified atom stereocenters. The van der Waals surface area contributed by atoms with Crippen LogP contribution in [0.5, 0.6) is 23.0 Å². The molecule has 6 rings (SSSR count). The Kier molecular flexibility index (Phi) is 8.75. The summed E-state index contributed by atoms with van der Waals surface area (Å²) in [6.07, 6.45) is 0. The molecule has 1 heterocycles. The topological polar surface area (TPSA) is 49.4 Å². The molecule has 0 aromatic heterocycles. The molecule has 0 bridgehead atoms. The van der Waals surface area contributed by atoms with Gasteiger partial charge in [-0.3, -0.25) is 0 Å². The van der Waals surface area contributed by atoms with Crippen molar-refractivity contribution in [2.75, 3.05) is 28.4 Å². The first-order valence-corrected chi connectivity index (χ1v) is 15.3. The SMILES string of the molecule is COc1cc(OC)cc(C2(c3cc(OC)cc(OC)c3)OB(c3ccccc3)N(Cc3cccc4ccccc34)[C@H]2C(C)C)c1. The van der Waals surface area contributed by atoms with E-state index in [1.54, 1.807) is 28.4 Å². The van der Waals surface area contributed by atoms with Crippen LogP contribution in [0.1, 0.15) is 30.5 Å². The molecular weight excluding hydrogens is 561 g/mol. The summed E-state index contributed by atoms with van der Waals surface area (Å²) < 4.78 is 30.8. The highest BCUT2D eigenvalue weighted by molar-refractivity contribution is 6.65. The molecule has 1 aliphatic heterocycles. The summed E-state index contributed by atoms with van der Waals surface area (Å²) >= 11 is 0. The van der Waals surface area contributed by atoms with Crippen molar-refractivity contribution < 1.29 is 23.6 Å². The van der Waals surface area contributed by atoms with E-state index >= 15 is 0 Å². The van der Waals surface area contributed by atoms with Gasteiger partial charge in [0.2, 0.25) is 0 Å². The Labute approximate surface area is 266 Å². The number of hydrogen-bond donors (Lipinski definition) is 0. The van der Waals surface area contributed by atoms with Gasteiger partial charge in [0, 0.05) is 24.7 Å². The molecule has 5 aromatic carbocycles. The highest BCUT2D eigenvalue weighted by Gasteiger charge is 2.59. The highest BCUT2D eigenvalue weighted by atomic mass is 16.5. The zero-order valence-corrected chi connectivity index (χ0v) is 26.8. The third-order valence-electron chi connectivity index (χ3n) is 8.88. The van der Waals surface area contributed by atoms with E-state index in [2.05, 4.69) is 110 Å². The molecule has 1 atom stereocenters. The number of methoxy groups -OCH3 is 4. The largest absolute Gasteiger partial charge is 0.497 e. The third-order valence-corrected chi connectivity index (χ3v) is 8.88. The summed E-state index contributed by atoms with van der Waals surface area (Å²) in [6.45, 7) is 5.20. The standard InChI is InChI=1S/C38H40BNO5/c1-26(2)37-38(29-19-32(41-3)23-33(20-29)42-4,30-21-34(43-5)24-35(22-30)44-6)45-39(31-16-8-7-9-17-31)40(37)25-28-15-12-14-27-13-10-11-18-36(27)28/h7-24,26,37H,25H2,1-6H3/t37-/m0/s1. The Hall–Kier alpha value is -4.46. The van der Waals surface area contributed by atoms with Crippen LogP contribution in [0.3, 0.4) is 0 Å². The molecule has 0 spiro atoms. The second-order valence-electron chi connectivity index (χ2n) is 11.8. The monoisotopic (exact) mass is 601 g/mol. The Bertz CT molecular complexity index is 1670. The number of fused-ring (bicyclic) bond motifs is 1. The van der Waals surface area contributed by atoms with E-state index in [1.165, 1.54) is 16.3 Å². The van der Waals surface area contributed by atoms with Crippen LogP contribution in [0.2, 0.25) is 0 Å². The van der Waals surface area contributed by atoms with Crippen LogP contribution < -0.4 is 24.4 Å². The molecule has 0 N–H and O–H groups in total. The lowest BCUT2D eigenvalue weighted by atomic mass is 9.70. The Morgan fingerprint density at radius 2 is 1.18 bits per heavy atom. The van der Waals surface area contributed by atoms with Gasteiger partial charge in [-0.1, -0.05) is 86.6 Å². The van der Waals surface area contributed by atoms with Crippen molar-refractivity contribution in [3.05, 3.63) is 126 Å². The lowest BCUT2D eigenvalue weighted by Gasteiger charge is -2.41. The van der Waals surface area contributed by atoms with Gasteiger partial charge >= 0.3 is 7.05 Å². The van der Waals surface area contributed by atoms with Crippen molar-refractivity contribution >= 4 is 23.3 Å². The van der Waals surface area contributed by atoms with Gasteiger partial charge in [0.05, 0.1) is 28.4 Å². The molecule has 7 heteroatoms. The smallest absolute Gasteiger partial charge is 0.420 e. The Balaban J connectivity index is 1.66. The minimum Gasteiger partial charge on any atom is -0.497 e. The number of ether oxygens (including phenoxy) is 4. The quantitative estimate of drug-likeness (QED) is 0.160. The number of rotatable bonds is 10. The van der Waals surface area contributed by atoms with Crippen LogP contribution in [-0.2, 0) is 16.8 Å². The fraction of sp³-hybridized carbons (Fsp3) is 0.263. The van der Waals surface area contributed by atoms with E-state index in [4.69, 9.17) is 23.6 Å². The van der Waals surface area contributed by atoms with Crippen LogP contribution in [-0.4, -0.2) is 46.3 Å². The maximum atomic E-state index is 7.58. The molecule has 6 nitrogen and oxygen atoms in total. The minimum atomic E-state index is -0.969. The van der Waals surface area contributed by atoms with Crippen molar-refractivity contribution in [2.24, 2.45) is 5.92 Å². The zero-order chi connectivity index (χ0) is 31.6. The van der Waals surface area contributed by atoms with Crippen molar-refractivity contribution in [1.82, 2.24) is 4.81 Å². The van der Waals surface area contributed by atoms with Crippen molar-refractivity contribution in [2.45, 2.75) is 32.0 Å². The van der Waals surface area contributed by atoms with E-state index in [9.17, 15) is 0 Å².